The van der Waals surface area contributed by atoms with Gasteiger partial charge in [-0.25, -0.2) is 0 Å². The van der Waals surface area contributed by atoms with Crippen molar-refractivity contribution >= 4 is 21.8 Å². The molecule has 2 aromatic rings. The molecule has 1 heterocycles. The molecule has 0 aliphatic carbocycles. The molecule has 126 valence electrons. The van der Waals surface area contributed by atoms with Gasteiger partial charge in [0.2, 0.25) is 0 Å². The number of piperidine rings is 1. The average Bonchev–Trinajstić information content (AvgIpc) is 2.63. The van der Waals surface area contributed by atoms with E-state index in [1.54, 1.807) is 17.0 Å². The van der Waals surface area contributed by atoms with E-state index in [1.807, 2.05) is 30.3 Å². The summed E-state index contributed by atoms with van der Waals surface area (Å²) in [6.45, 7) is 1.17. The zero-order valence-corrected chi connectivity index (χ0v) is 14.8. The van der Waals surface area contributed by atoms with Crippen LogP contribution in [0.4, 0.5) is 0 Å². The van der Waals surface area contributed by atoms with Crippen LogP contribution >= 0.6 is 15.9 Å². The highest BCUT2D eigenvalue weighted by atomic mass is 79.9. The normalized spacial score (nSPS) is 16.8. The number of likely N-dealkylation sites (tertiary alicyclic amines) is 1. The van der Waals surface area contributed by atoms with Crippen molar-refractivity contribution in [3.05, 3.63) is 64.1 Å². The number of hydrogen-bond acceptors (Lipinski definition) is 3. The summed E-state index contributed by atoms with van der Waals surface area (Å²) in [7, 11) is 0. The Morgan fingerprint density at radius 1 is 1.12 bits per heavy atom. The predicted molar refractivity (Wildman–Crippen MR) is 95.8 cm³/mol. The third-order valence-electron chi connectivity index (χ3n) is 4.60. The van der Waals surface area contributed by atoms with E-state index in [0.29, 0.717) is 18.7 Å². The fraction of sp³-hybridized carbons (Fsp3) is 0.316. The first-order chi connectivity index (χ1) is 11.6. The number of nitrogens with zero attached hydrogens (tertiary/aromatic N) is 1. The first kappa shape index (κ1) is 17.0. The molecule has 3 rings (SSSR count). The lowest BCUT2D eigenvalue weighted by molar-refractivity contribution is 0.0460. The molecule has 1 atom stereocenters. The van der Waals surface area contributed by atoms with Crippen molar-refractivity contribution in [1.29, 1.82) is 0 Å². The molecule has 0 aromatic heterocycles. The Hall–Kier alpha value is -1.85. The van der Waals surface area contributed by atoms with Crippen molar-refractivity contribution in [3.63, 3.8) is 0 Å². The number of aliphatic hydroxyl groups excluding tert-OH is 1. The smallest absolute Gasteiger partial charge is 0.257 e. The van der Waals surface area contributed by atoms with E-state index < -0.39 is 6.10 Å². The number of phenols is 1. The first-order valence-corrected chi connectivity index (χ1v) is 8.86. The summed E-state index contributed by atoms with van der Waals surface area (Å²) in [6.07, 6.45) is 0.996. The van der Waals surface area contributed by atoms with E-state index in [4.69, 9.17) is 0 Å². The standard InChI is InChI=1S/C19H20BrNO3/c20-15-6-7-17(22)16(12-15)19(24)21-10-8-14(9-11-21)18(23)13-4-2-1-3-5-13/h1-7,12,14,18,22-23H,8-11H2. The van der Waals surface area contributed by atoms with Gasteiger partial charge in [-0.3, -0.25) is 4.79 Å². The Bertz CT molecular complexity index is 712. The van der Waals surface area contributed by atoms with Gasteiger partial charge in [-0.15, -0.1) is 0 Å². The summed E-state index contributed by atoms with van der Waals surface area (Å²) < 4.78 is 0.762. The van der Waals surface area contributed by atoms with Gasteiger partial charge < -0.3 is 15.1 Å². The number of aliphatic hydroxyl groups is 1. The lowest BCUT2D eigenvalue weighted by Crippen LogP contribution is -2.39. The third-order valence-corrected chi connectivity index (χ3v) is 5.10. The Morgan fingerprint density at radius 2 is 1.79 bits per heavy atom. The summed E-state index contributed by atoms with van der Waals surface area (Å²) in [5, 5.41) is 20.4. The molecule has 0 saturated carbocycles. The van der Waals surface area contributed by atoms with Crippen LogP contribution in [-0.4, -0.2) is 34.1 Å². The maximum atomic E-state index is 12.6. The van der Waals surface area contributed by atoms with E-state index in [1.165, 1.54) is 6.07 Å². The molecule has 1 unspecified atom stereocenters. The van der Waals surface area contributed by atoms with Crippen LogP contribution in [0.15, 0.2) is 53.0 Å². The number of phenolic OH excluding ortho intramolecular Hbond substituents is 1. The van der Waals surface area contributed by atoms with Gasteiger partial charge in [-0.1, -0.05) is 46.3 Å². The van der Waals surface area contributed by atoms with Gasteiger partial charge in [-0.05, 0) is 42.5 Å². The quantitative estimate of drug-likeness (QED) is 0.840. The van der Waals surface area contributed by atoms with Gasteiger partial charge >= 0.3 is 0 Å². The second-order valence-corrected chi connectivity index (χ2v) is 7.06. The Kier molecular flexibility index (Phi) is 5.21. The molecule has 0 bridgehead atoms. The lowest BCUT2D eigenvalue weighted by Gasteiger charge is -2.34. The first-order valence-electron chi connectivity index (χ1n) is 8.07. The van der Waals surface area contributed by atoms with Crippen molar-refractivity contribution in [2.45, 2.75) is 18.9 Å². The lowest BCUT2D eigenvalue weighted by atomic mass is 9.87. The second kappa shape index (κ2) is 7.36. The van der Waals surface area contributed by atoms with Crippen LogP contribution < -0.4 is 0 Å². The molecule has 1 aliphatic rings. The molecule has 1 aliphatic heterocycles. The van der Waals surface area contributed by atoms with Gasteiger partial charge in [0.25, 0.3) is 5.91 Å². The second-order valence-electron chi connectivity index (χ2n) is 6.15. The monoisotopic (exact) mass is 389 g/mol. The van der Waals surface area contributed by atoms with Gasteiger partial charge in [-0.2, -0.15) is 0 Å². The van der Waals surface area contributed by atoms with Gasteiger partial charge in [0.1, 0.15) is 5.75 Å². The van der Waals surface area contributed by atoms with Gasteiger partial charge in [0.15, 0.2) is 0 Å². The van der Waals surface area contributed by atoms with Gasteiger partial charge in [0, 0.05) is 17.6 Å². The van der Waals surface area contributed by atoms with Crippen molar-refractivity contribution in [2.24, 2.45) is 5.92 Å². The number of halogens is 1. The molecular weight excluding hydrogens is 370 g/mol. The number of aromatic hydroxyl groups is 1. The minimum atomic E-state index is -0.497. The van der Waals surface area contributed by atoms with E-state index >= 15 is 0 Å². The minimum Gasteiger partial charge on any atom is -0.507 e. The van der Waals surface area contributed by atoms with Crippen LogP contribution in [0.3, 0.4) is 0 Å². The number of rotatable bonds is 3. The number of carbonyl (C=O) groups is 1. The van der Waals surface area contributed by atoms with E-state index in [9.17, 15) is 15.0 Å². The van der Waals surface area contributed by atoms with Crippen LogP contribution in [0, 0.1) is 5.92 Å². The Labute approximate surface area is 149 Å². The van der Waals surface area contributed by atoms with Crippen LogP contribution in [-0.2, 0) is 0 Å². The summed E-state index contributed by atoms with van der Waals surface area (Å²) >= 11 is 3.33. The summed E-state index contributed by atoms with van der Waals surface area (Å²) in [5.41, 5.74) is 1.23. The van der Waals surface area contributed by atoms with Gasteiger partial charge in [0.05, 0.1) is 11.7 Å². The van der Waals surface area contributed by atoms with Crippen LogP contribution in [0.1, 0.15) is 34.9 Å². The maximum Gasteiger partial charge on any atom is 0.257 e. The zero-order chi connectivity index (χ0) is 17.1. The Balaban J connectivity index is 1.64. The highest BCUT2D eigenvalue weighted by Crippen LogP contribution is 2.32. The Morgan fingerprint density at radius 3 is 2.46 bits per heavy atom. The molecule has 1 amide bonds. The molecular formula is C19H20BrNO3. The highest BCUT2D eigenvalue weighted by molar-refractivity contribution is 9.10. The van der Waals surface area contributed by atoms with Crippen molar-refractivity contribution in [1.82, 2.24) is 4.90 Å². The molecule has 24 heavy (non-hydrogen) atoms. The fourth-order valence-corrected chi connectivity index (χ4v) is 3.55. The number of carbonyl (C=O) groups excluding carboxylic acids is 1. The molecule has 2 N–H and O–H groups in total. The molecule has 1 fully saturated rings. The van der Waals surface area contributed by atoms with Crippen LogP contribution in [0.5, 0.6) is 5.75 Å². The maximum absolute atomic E-state index is 12.6. The number of hydrogen-bond donors (Lipinski definition) is 2. The van der Waals surface area contributed by atoms with Crippen molar-refractivity contribution in [3.8, 4) is 5.75 Å². The largest absolute Gasteiger partial charge is 0.507 e. The molecule has 0 spiro atoms. The molecule has 2 aromatic carbocycles. The molecule has 0 radical (unpaired) electrons. The fourth-order valence-electron chi connectivity index (χ4n) is 3.19. The summed E-state index contributed by atoms with van der Waals surface area (Å²) in [5.74, 6) is -0.0244. The van der Waals surface area contributed by atoms with E-state index in [-0.39, 0.29) is 17.6 Å². The van der Waals surface area contributed by atoms with E-state index in [0.717, 1.165) is 22.9 Å². The minimum absolute atomic E-state index is 0.00496. The van der Waals surface area contributed by atoms with Crippen molar-refractivity contribution in [2.75, 3.05) is 13.1 Å². The average molecular weight is 390 g/mol. The highest BCUT2D eigenvalue weighted by Gasteiger charge is 2.29. The number of benzene rings is 2. The summed E-state index contributed by atoms with van der Waals surface area (Å²) in [6, 6.07) is 14.5. The predicted octanol–water partition coefficient (Wildman–Crippen LogP) is 3.74. The van der Waals surface area contributed by atoms with E-state index in [2.05, 4.69) is 15.9 Å². The molecule has 1 saturated heterocycles. The SMILES string of the molecule is O=C(c1cc(Br)ccc1O)N1CCC(C(O)c2ccccc2)CC1. The zero-order valence-electron chi connectivity index (χ0n) is 13.2. The number of amides is 1. The molecule has 4 nitrogen and oxygen atoms in total. The molecule has 5 heteroatoms. The van der Waals surface area contributed by atoms with Crippen LogP contribution in [0.25, 0.3) is 0 Å². The topological polar surface area (TPSA) is 60.8 Å². The summed E-state index contributed by atoms with van der Waals surface area (Å²) in [4.78, 5) is 14.3. The van der Waals surface area contributed by atoms with Crippen molar-refractivity contribution < 1.29 is 15.0 Å². The third kappa shape index (κ3) is 3.62. The van der Waals surface area contributed by atoms with Crippen LogP contribution in [0.2, 0.25) is 0 Å².